The maximum atomic E-state index is 12.5. The van der Waals surface area contributed by atoms with Gasteiger partial charge < -0.3 is 15.4 Å². The normalized spacial score (nSPS) is 15.0. The lowest BCUT2D eigenvalue weighted by atomic mass is 10.0. The highest BCUT2D eigenvalue weighted by Gasteiger charge is 2.19. The lowest BCUT2D eigenvalue weighted by molar-refractivity contribution is 0.0303. The zero-order chi connectivity index (χ0) is 15.7. The van der Waals surface area contributed by atoms with E-state index < -0.39 is 5.91 Å². The quantitative estimate of drug-likeness (QED) is 0.900. The predicted octanol–water partition coefficient (Wildman–Crippen LogP) is 1.11. The molecule has 0 unspecified atom stereocenters. The van der Waals surface area contributed by atoms with Gasteiger partial charge in [0.05, 0.1) is 24.3 Å². The number of carbonyl (C=O) groups is 2. The number of aryl methyl sites for hydroxylation is 1. The van der Waals surface area contributed by atoms with Crippen molar-refractivity contribution in [1.29, 1.82) is 0 Å². The van der Waals surface area contributed by atoms with Gasteiger partial charge in [-0.25, -0.2) is 0 Å². The lowest BCUT2D eigenvalue weighted by Gasteiger charge is -2.27. The van der Waals surface area contributed by atoms with Gasteiger partial charge in [-0.3, -0.25) is 14.6 Å². The first kappa shape index (κ1) is 14.5. The maximum Gasteiger partial charge on any atom is 0.254 e. The molecule has 1 aromatic heterocycles. The summed E-state index contributed by atoms with van der Waals surface area (Å²) in [7, 11) is 0. The van der Waals surface area contributed by atoms with Crippen molar-refractivity contribution in [1.82, 2.24) is 9.88 Å². The maximum absolute atomic E-state index is 12.5. The number of nitrogens with two attached hydrogens (primary N) is 1. The Morgan fingerprint density at radius 3 is 2.64 bits per heavy atom. The van der Waals surface area contributed by atoms with E-state index in [1.165, 1.54) is 0 Å². The zero-order valence-electron chi connectivity index (χ0n) is 12.3. The van der Waals surface area contributed by atoms with Crippen LogP contribution in [-0.2, 0) is 4.74 Å². The lowest BCUT2D eigenvalue weighted by Crippen LogP contribution is -2.40. The minimum absolute atomic E-state index is 0.0683. The SMILES string of the molecule is Cc1cc(C(N)=O)c2cc(C(=O)N3CCOCC3)ccc2n1. The van der Waals surface area contributed by atoms with Crippen molar-refractivity contribution >= 4 is 22.7 Å². The summed E-state index contributed by atoms with van der Waals surface area (Å²) >= 11 is 0. The van der Waals surface area contributed by atoms with Gasteiger partial charge in [-0.15, -0.1) is 0 Å². The summed E-state index contributed by atoms with van der Waals surface area (Å²) in [5.74, 6) is -0.590. The minimum atomic E-state index is -0.522. The molecule has 1 aromatic carbocycles. The highest BCUT2D eigenvalue weighted by molar-refractivity contribution is 6.07. The van der Waals surface area contributed by atoms with Crippen molar-refractivity contribution in [2.24, 2.45) is 5.73 Å². The fourth-order valence-corrected chi connectivity index (χ4v) is 2.64. The van der Waals surface area contributed by atoms with Crippen LogP contribution in [0.3, 0.4) is 0 Å². The second kappa shape index (κ2) is 5.73. The van der Waals surface area contributed by atoms with Gasteiger partial charge in [0.25, 0.3) is 5.91 Å². The third-order valence-electron chi connectivity index (χ3n) is 3.75. The van der Waals surface area contributed by atoms with Crippen LogP contribution in [0.15, 0.2) is 24.3 Å². The molecule has 2 aromatic rings. The molecule has 1 saturated heterocycles. The average Bonchev–Trinajstić information content (AvgIpc) is 2.53. The smallest absolute Gasteiger partial charge is 0.254 e. The number of carbonyl (C=O) groups excluding carboxylic acids is 2. The summed E-state index contributed by atoms with van der Waals surface area (Å²) < 4.78 is 5.25. The van der Waals surface area contributed by atoms with Gasteiger partial charge >= 0.3 is 0 Å². The van der Waals surface area contributed by atoms with E-state index in [9.17, 15) is 9.59 Å². The standard InChI is InChI=1S/C16H17N3O3/c1-10-8-13(15(17)20)12-9-11(2-3-14(12)18-10)16(21)19-4-6-22-7-5-19/h2-3,8-9H,4-7H2,1H3,(H2,17,20). The Kier molecular flexibility index (Phi) is 3.77. The third kappa shape index (κ3) is 2.65. The molecule has 0 saturated carbocycles. The van der Waals surface area contributed by atoms with Gasteiger partial charge in [-0.1, -0.05) is 0 Å². The van der Waals surface area contributed by atoms with Crippen molar-refractivity contribution in [3.05, 3.63) is 41.1 Å². The molecule has 3 rings (SSSR count). The number of amides is 2. The number of nitrogens with zero attached hydrogens (tertiary/aromatic N) is 2. The molecule has 1 aliphatic rings. The molecule has 2 amide bonds. The van der Waals surface area contributed by atoms with E-state index in [1.807, 2.05) is 0 Å². The number of aromatic nitrogens is 1. The molecule has 1 fully saturated rings. The van der Waals surface area contributed by atoms with Crippen molar-refractivity contribution in [2.45, 2.75) is 6.92 Å². The van der Waals surface area contributed by atoms with Crippen LogP contribution in [0.25, 0.3) is 10.9 Å². The first-order valence-electron chi connectivity index (χ1n) is 7.14. The number of morpholine rings is 1. The summed E-state index contributed by atoms with van der Waals surface area (Å²) in [5.41, 5.74) is 7.73. The molecule has 114 valence electrons. The molecule has 0 bridgehead atoms. The zero-order valence-corrected chi connectivity index (χ0v) is 12.3. The van der Waals surface area contributed by atoms with Crippen molar-refractivity contribution < 1.29 is 14.3 Å². The summed E-state index contributed by atoms with van der Waals surface area (Å²) in [6, 6.07) is 6.83. The molecular formula is C16H17N3O3. The largest absolute Gasteiger partial charge is 0.378 e. The van der Waals surface area contributed by atoms with Crippen LogP contribution in [-0.4, -0.2) is 48.0 Å². The molecule has 2 N–H and O–H groups in total. The molecule has 6 nitrogen and oxygen atoms in total. The molecule has 0 aliphatic carbocycles. The Hall–Kier alpha value is -2.47. The number of hydrogen-bond donors (Lipinski definition) is 1. The second-order valence-electron chi connectivity index (χ2n) is 5.31. The number of pyridine rings is 1. The third-order valence-corrected chi connectivity index (χ3v) is 3.75. The average molecular weight is 299 g/mol. The van der Waals surface area contributed by atoms with E-state index in [2.05, 4.69) is 4.98 Å². The van der Waals surface area contributed by atoms with Crippen molar-refractivity contribution in [3.8, 4) is 0 Å². The second-order valence-corrected chi connectivity index (χ2v) is 5.31. The fraction of sp³-hybridized carbons (Fsp3) is 0.312. The number of benzene rings is 1. The monoisotopic (exact) mass is 299 g/mol. The predicted molar refractivity (Wildman–Crippen MR) is 81.7 cm³/mol. The van der Waals surface area contributed by atoms with Crippen LogP contribution >= 0.6 is 0 Å². The number of primary amides is 1. The topological polar surface area (TPSA) is 85.5 Å². The summed E-state index contributed by atoms with van der Waals surface area (Å²) in [6.07, 6.45) is 0. The Balaban J connectivity index is 2.05. The summed E-state index contributed by atoms with van der Waals surface area (Å²) in [4.78, 5) is 30.3. The van der Waals surface area contributed by atoms with E-state index in [0.717, 1.165) is 0 Å². The van der Waals surface area contributed by atoms with Crippen LogP contribution < -0.4 is 5.73 Å². The Labute approximate surface area is 127 Å². The molecule has 0 atom stereocenters. The number of fused-ring (bicyclic) bond motifs is 1. The highest BCUT2D eigenvalue weighted by Crippen LogP contribution is 2.21. The van der Waals surface area contributed by atoms with Crippen molar-refractivity contribution in [3.63, 3.8) is 0 Å². The van der Waals surface area contributed by atoms with E-state index in [-0.39, 0.29) is 5.91 Å². The van der Waals surface area contributed by atoms with Crippen molar-refractivity contribution in [2.75, 3.05) is 26.3 Å². The van der Waals surface area contributed by atoms with Crippen LogP contribution in [0, 0.1) is 6.92 Å². The fourth-order valence-electron chi connectivity index (χ4n) is 2.64. The number of ether oxygens (including phenoxy) is 1. The van der Waals surface area contributed by atoms with Gasteiger partial charge in [-0.2, -0.15) is 0 Å². The summed E-state index contributed by atoms with van der Waals surface area (Å²) in [6.45, 7) is 4.05. The molecule has 0 radical (unpaired) electrons. The number of rotatable bonds is 2. The molecule has 2 heterocycles. The highest BCUT2D eigenvalue weighted by atomic mass is 16.5. The molecular weight excluding hydrogens is 282 g/mol. The Morgan fingerprint density at radius 2 is 1.95 bits per heavy atom. The van der Waals surface area contributed by atoms with Crippen LogP contribution in [0.2, 0.25) is 0 Å². The van der Waals surface area contributed by atoms with E-state index in [0.29, 0.717) is 54.0 Å². The summed E-state index contributed by atoms with van der Waals surface area (Å²) in [5, 5.41) is 0.609. The molecule has 1 aliphatic heterocycles. The van der Waals surface area contributed by atoms with Crippen LogP contribution in [0.4, 0.5) is 0 Å². The van der Waals surface area contributed by atoms with Gasteiger partial charge in [0.1, 0.15) is 0 Å². The number of hydrogen-bond acceptors (Lipinski definition) is 4. The van der Waals surface area contributed by atoms with E-state index in [4.69, 9.17) is 10.5 Å². The Bertz CT molecular complexity index is 752. The molecule has 0 spiro atoms. The first-order valence-corrected chi connectivity index (χ1v) is 7.14. The molecule has 22 heavy (non-hydrogen) atoms. The van der Waals surface area contributed by atoms with Gasteiger partial charge in [0.2, 0.25) is 5.91 Å². The van der Waals surface area contributed by atoms with Crippen LogP contribution in [0.1, 0.15) is 26.4 Å². The van der Waals surface area contributed by atoms with Gasteiger partial charge in [0.15, 0.2) is 0 Å². The molecule has 6 heteroatoms. The minimum Gasteiger partial charge on any atom is -0.378 e. The van der Waals surface area contributed by atoms with Crippen LogP contribution in [0.5, 0.6) is 0 Å². The first-order chi connectivity index (χ1) is 10.6. The Morgan fingerprint density at radius 1 is 1.23 bits per heavy atom. The van der Waals surface area contributed by atoms with Gasteiger partial charge in [0, 0.05) is 29.7 Å². The van der Waals surface area contributed by atoms with E-state index >= 15 is 0 Å². The van der Waals surface area contributed by atoms with Gasteiger partial charge in [-0.05, 0) is 31.2 Å². The van der Waals surface area contributed by atoms with E-state index in [1.54, 1.807) is 36.1 Å².